The zero-order chi connectivity index (χ0) is 25.8. The third kappa shape index (κ3) is 4.31. The zero-order valence-electron chi connectivity index (χ0n) is 19.5. The number of alkyl halides is 5. The van der Waals surface area contributed by atoms with Gasteiger partial charge in [0, 0.05) is 49.8 Å². The molecular weight excluding hydrogens is 484 g/mol. The molecule has 0 amide bonds. The molecule has 4 aromatic rings. The van der Waals surface area contributed by atoms with Crippen LogP contribution < -0.4 is 10.2 Å². The molecule has 0 spiro atoms. The van der Waals surface area contributed by atoms with Crippen LogP contribution in [-0.4, -0.2) is 33.4 Å². The van der Waals surface area contributed by atoms with Crippen molar-refractivity contribution in [1.29, 1.82) is 0 Å². The molecule has 1 aliphatic rings. The molecule has 11 heteroatoms. The number of halogens is 6. The van der Waals surface area contributed by atoms with Gasteiger partial charge < -0.3 is 10.2 Å². The molecule has 0 saturated carbocycles. The summed E-state index contributed by atoms with van der Waals surface area (Å²) >= 11 is 0. The number of aromatic nitrogens is 3. The minimum absolute atomic E-state index is 0.00122. The van der Waals surface area contributed by atoms with E-state index in [4.69, 9.17) is 0 Å². The molecule has 1 N–H and O–H groups in total. The summed E-state index contributed by atoms with van der Waals surface area (Å²) in [6, 6.07) is 6.27. The van der Waals surface area contributed by atoms with Crippen molar-refractivity contribution in [3.8, 4) is 0 Å². The minimum atomic E-state index is -4.49. The molecule has 5 nitrogen and oxygen atoms in total. The van der Waals surface area contributed by atoms with Crippen LogP contribution in [0.4, 0.5) is 37.8 Å². The molecule has 1 fully saturated rings. The Morgan fingerprint density at radius 1 is 1.11 bits per heavy atom. The second kappa shape index (κ2) is 8.56. The van der Waals surface area contributed by atoms with E-state index >= 15 is 4.39 Å². The maximum atomic E-state index is 15.2. The Morgan fingerprint density at radius 3 is 2.53 bits per heavy atom. The van der Waals surface area contributed by atoms with Crippen molar-refractivity contribution in [2.75, 3.05) is 23.3 Å². The number of benzene rings is 2. The summed E-state index contributed by atoms with van der Waals surface area (Å²) in [5.74, 6) is -2.76. The minimum Gasteiger partial charge on any atom is -0.369 e. The fourth-order valence-corrected chi connectivity index (χ4v) is 4.81. The Morgan fingerprint density at radius 2 is 1.83 bits per heavy atom. The number of nitrogens with one attached hydrogen (secondary N) is 1. The highest BCUT2D eigenvalue weighted by Gasteiger charge is 2.35. The number of rotatable bonds is 4. The predicted molar refractivity (Wildman–Crippen MR) is 125 cm³/mol. The highest BCUT2D eigenvalue weighted by Crippen LogP contribution is 2.38. The fourth-order valence-electron chi connectivity index (χ4n) is 4.81. The van der Waals surface area contributed by atoms with Gasteiger partial charge in [0.25, 0.3) is 5.92 Å². The zero-order valence-corrected chi connectivity index (χ0v) is 19.5. The van der Waals surface area contributed by atoms with Crippen molar-refractivity contribution in [2.45, 2.75) is 44.8 Å². The first-order valence-corrected chi connectivity index (χ1v) is 11.5. The van der Waals surface area contributed by atoms with Gasteiger partial charge in [-0.05, 0) is 37.1 Å². The van der Waals surface area contributed by atoms with Gasteiger partial charge in [0.2, 0.25) is 5.78 Å². The monoisotopic (exact) mass is 507 g/mol. The van der Waals surface area contributed by atoms with Gasteiger partial charge in [0.15, 0.2) is 0 Å². The topological polar surface area (TPSA) is 45.5 Å². The lowest BCUT2D eigenvalue weighted by atomic mass is 9.97. The van der Waals surface area contributed by atoms with Crippen molar-refractivity contribution >= 4 is 28.2 Å². The number of hydrogen-bond acceptors (Lipinski definition) is 4. The summed E-state index contributed by atoms with van der Waals surface area (Å²) in [4.78, 5) is 10.3. The lowest BCUT2D eigenvalue weighted by Crippen LogP contribution is -2.39. The van der Waals surface area contributed by atoms with Crippen LogP contribution in [0.25, 0.3) is 16.7 Å². The van der Waals surface area contributed by atoms with E-state index in [-0.39, 0.29) is 43.0 Å². The number of anilines is 2. The Hall–Kier alpha value is -3.50. The first-order valence-electron chi connectivity index (χ1n) is 11.5. The number of fused-ring (bicyclic) bond motifs is 3. The Bertz CT molecular complexity index is 1430. The van der Waals surface area contributed by atoms with Gasteiger partial charge in [-0.1, -0.05) is 12.1 Å². The van der Waals surface area contributed by atoms with Crippen molar-refractivity contribution in [2.24, 2.45) is 0 Å². The quantitative estimate of drug-likeness (QED) is 0.310. The third-order valence-electron chi connectivity index (χ3n) is 6.75. The van der Waals surface area contributed by atoms with Crippen LogP contribution in [0.1, 0.15) is 42.5 Å². The number of nitrogens with zero attached hydrogens (tertiary/aromatic N) is 4. The third-order valence-corrected chi connectivity index (χ3v) is 6.75. The normalized spacial score (nSPS) is 17.1. The van der Waals surface area contributed by atoms with E-state index in [1.165, 1.54) is 25.3 Å². The van der Waals surface area contributed by atoms with E-state index in [0.717, 1.165) is 6.07 Å². The number of piperidine rings is 1. The predicted octanol–water partition coefficient (Wildman–Crippen LogP) is 6.76. The standard InChI is InChI=1S/C25H23F6N5/c1-14-16(4-3-5-18(14)25(29,30)31)15(2)33-22-17-12-21(35-9-6-24(27,28)7-10-35)19(26)13-20(17)36-11-8-32-23(36)34-22/h3-5,8,11-13,15H,6-7,9-10H2,1-2H3,(H,32,33,34)/t15-/m1/s1. The van der Waals surface area contributed by atoms with Gasteiger partial charge in [-0.3, -0.25) is 4.40 Å². The maximum Gasteiger partial charge on any atom is 0.416 e. The SMILES string of the molecule is Cc1c([C@@H](C)Nc2nc3nccn3c3cc(F)c(N4CCC(F)(F)CC4)cc23)cccc1C(F)(F)F. The van der Waals surface area contributed by atoms with Gasteiger partial charge in [0.1, 0.15) is 11.6 Å². The van der Waals surface area contributed by atoms with Crippen LogP contribution in [0.5, 0.6) is 0 Å². The van der Waals surface area contributed by atoms with E-state index in [2.05, 4.69) is 15.3 Å². The first kappa shape index (κ1) is 24.2. The van der Waals surface area contributed by atoms with Crippen molar-refractivity contribution in [3.63, 3.8) is 0 Å². The molecule has 190 valence electrons. The van der Waals surface area contributed by atoms with E-state index in [9.17, 15) is 22.0 Å². The van der Waals surface area contributed by atoms with Gasteiger partial charge in [0.05, 0.1) is 22.8 Å². The molecule has 0 unspecified atom stereocenters. The van der Waals surface area contributed by atoms with E-state index < -0.39 is 29.5 Å². The highest BCUT2D eigenvalue weighted by molar-refractivity contribution is 5.94. The average molecular weight is 507 g/mol. The summed E-state index contributed by atoms with van der Waals surface area (Å²) in [5.41, 5.74) is 0.420. The Kier molecular flexibility index (Phi) is 5.76. The highest BCUT2D eigenvalue weighted by atomic mass is 19.4. The molecule has 5 rings (SSSR count). The Balaban J connectivity index is 1.58. The van der Waals surface area contributed by atoms with Gasteiger partial charge in [-0.15, -0.1) is 0 Å². The summed E-state index contributed by atoms with van der Waals surface area (Å²) in [6.45, 7) is 3.12. The molecule has 1 atom stereocenters. The molecule has 0 radical (unpaired) electrons. The molecule has 2 aromatic carbocycles. The van der Waals surface area contributed by atoms with Crippen LogP contribution in [-0.2, 0) is 6.18 Å². The van der Waals surface area contributed by atoms with E-state index in [1.807, 2.05) is 0 Å². The lowest BCUT2D eigenvalue weighted by molar-refractivity contribution is -0.138. The van der Waals surface area contributed by atoms with Crippen LogP contribution >= 0.6 is 0 Å². The molecular formula is C25H23F6N5. The van der Waals surface area contributed by atoms with E-state index in [1.54, 1.807) is 34.6 Å². The summed E-state index contributed by atoms with van der Waals surface area (Å²) < 4.78 is 84.4. The number of imidazole rings is 1. The average Bonchev–Trinajstić information content (AvgIpc) is 3.27. The van der Waals surface area contributed by atoms with Gasteiger partial charge >= 0.3 is 6.18 Å². The lowest BCUT2D eigenvalue weighted by Gasteiger charge is -2.33. The van der Waals surface area contributed by atoms with Crippen molar-refractivity contribution in [3.05, 3.63) is 65.2 Å². The van der Waals surface area contributed by atoms with Gasteiger partial charge in [-0.2, -0.15) is 18.2 Å². The molecule has 2 aromatic heterocycles. The van der Waals surface area contributed by atoms with Crippen LogP contribution in [0.2, 0.25) is 0 Å². The van der Waals surface area contributed by atoms with Gasteiger partial charge in [-0.25, -0.2) is 18.2 Å². The smallest absolute Gasteiger partial charge is 0.369 e. The fraction of sp³-hybridized carbons (Fsp3) is 0.360. The second-order valence-corrected chi connectivity index (χ2v) is 9.11. The van der Waals surface area contributed by atoms with Crippen molar-refractivity contribution < 1.29 is 26.3 Å². The molecule has 36 heavy (non-hydrogen) atoms. The molecule has 0 aliphatic carbocycles. The Labute approximate surface area is 202 Å². The van der Waals surface area contributed by atoms with E-state index in [0.29, 0.717) is 22.3 Å². The summed E-state index contributed by atoms with van der Waals surface area (Å²) in [7, 11) is 0. The van der Waals surface area contributed by atoms with Crippen LogP contribution in [0.15, 0.2) is 42.7 Å². The largest absolute Gasteiger partial charge is 0.416 e. The maximum absolute atomic E-state index is 15.2. The summed E-state index contributed by atoms with van der Waals surface area (Å²) in [5, 5.41) is 3.66. The second-order valence-electron chi connectivity index (χ2n) is 9.11. The van der Waals surface area contributed by atoms with Crippen LogP contribution in [0, 0.1) is 12.7 Å². The van der Waals surface area contributed by atoms with Crippen molar-refractivity contribution in [1.82, 2.24) is 14.4 Å². The molecule has 1 aliphatic heterocycles. The first-order chi connectivity index (χ1) is 16.9. The molecule has 0 bridgehead atoms. The van der Waals surface area contributed by atoms with Crippen LogP contribution in [0.3, 0.4) is 0 Å². The molecule has 1 saturated heterocycles. The number of hydrogen-bond donors (Lipinski definition) is 1. The molecule has 3 heterocycles. The summed E-state index contributed by atoms with van der Waals surface area (Å²) in [6.07, 6.45) is -2.11.